The number of hydrogen-bond donors (Lipinski definition) is 3. The monoisotopic (exact) mass is 378 g/mol. The summed E-state index contributed by atoms with van der Waals surface area (Å²) < 4.78 is 9.98. The molecule has 2 heterocycles. The van der Waals surface area contributed by atoms with E-state index in [2.05, 4.69) is 5.32 Å². The summed E-state index contributed by atoms with van der Waals surface area (Å²) in [5.41, 5.74) is -0.631. The molecule has 2 aliphatic rings. The van der Waals surface area contributed by atoms with Crippen molar-refractivity contribution in [3.8, 4) is 5.75 Å². The molecule has 0 spiro atoms. The first-order valence-electron chi connectivity index (χ1n) is 8.69. The third-order valence-electron chi connectivity index (χ3n) is 5.27. The number of nitrogens with zero attached hydrogens (tertiary/aromatic N) is 1. The van der Waals surface area contributed by atoms with E-state index in [4.69, 9.17) is 9.47 Å². The summed E-state index contributed by atoms with van der Waals surface area (Å²) in [5.74, 6) is -0.310. The highest BCUT2D eigenvalue weighted by Crippen LogP contribution is 2.30. The van der Waals surface area contributed by atoms with Gasteiger partial charge in [0, 0.05) is 6.42 Å². The smallest absolute Gasteiger partial charge is 0.364 e. The Morgan fingerprint density at radius 3 is 2.81 bits per heavy atom. The van der Waals surface area contributed by atoms with Crippen molar-refractivity contribution in [2.75, 3.05) is 27.4 Å². The highest BCUT2D eigenvalue weighted by molar-refractivity contribution is 6.07. The van der Waals surface area contributed by atoms with Crippen LogP contribution in [0.3, 0.4) is 0 Å². The summed E-state index contributed by atoms with van der Waals surface area (Å²) in [6, 6.07) is 5.79. The van der Waals surface area contributed by atoms with Crippen LogP contribution >= 0.6 is 0 Å². The summed E-state index contributed by atoms with van der Waals surface area (Å²) in [6.07, 6.45) is -0.451. The number of urea groups is 1. The Balaban J connectivity index is 1.82. The predicted octanol–water partition coefficient (Wildman–Crippen LogP) is -1.39. The first kappa shape index (κ1) is 19.1. The standard InChI is InChI=1S/C18H23N3O6/c1-18(11-5-4-6-13(7-11)26-2)16(24)21(17(25)19-18)10-20-9-12(22)8-14(20)15(23)27-3/h4-7,12,14,22H,8-10H2,1-3H3,(H,19,25)/p+1/t12-,14+,18+/m1/s1. The lowest BCUT2D eigenvalue weighted by Crippen LogP contribution is -3.16. The van der Waals surface area contributed by atoms with Crippen LogP contribution in [-0.2, 0) is 19.9 Å². The second-order valence-electron chi connectivity index (χ2n) is 7.01. The molecule has 1 aromatic carbocycles. The number of amides is 3. The number of rotatable bonds is 5. The van der Waals surface area contributed by atoms with Gasteiger partial charge in [-0.3, -0.25) is 4.79 Å². The van der Waals surface area contributed by atoms with Crippen LogP contribution in [0, 0.1) is 0 Å². The van der Waals surface area contributed by atoms with E-state index in [1.165, 1.54) is 14.2 Å². The van der Waals surface area contributed by atoms with Crippen LogP contribution in [0.25, 0.3) is 0 Å². The molecule has 9 heteroatoms. The Kier molecular flexibility index (Phi) is 5.07. The van der Waals surface area contributed by atoms with Gasteiger partial charge in [-0.25, -0.2) is 14.5 Å². The van der Waals surface area contributed by atoms with Crippen molar-refractivity contribution in [2.24, 2.45) is 0 Å². The fourth-order valence-corrected chi connectivity index (χ4v) is 3.72. The largest absolute Gasteiger partial charge is 0.497 e. The minimum Gasteiger partial charge on any atom is -0.497 e. The van der Waals surface area contributed by atoms with Gasteiger partial charge in [0.15, 0.2) is 12.7 Å². The Bertz CT molecular complexity index is 769. The average molecular weight is 378 g/mol. The number of aliphatic hydroxyl groups is 1. The highest BCUT2D eigenvalue weighted by Gasteiger charge is 2.52. The molecule has 0 radical (unpaired) electrons. The van der Waals surface area contributed by atoms with Gasteiger partial charge in [0.25, 0.3) is 5.91 Å². The molecule has 2 fully saturated rings. The number of quaternary nitrogens is 1. The first-order valence-corrected chi connectivity index (χ1v) is 8.69. The van der Waals surface area contributed by atoms with E-state index < -0.39 is 35.6 Å². The molecule has 3 amide bonds. The summed E-state index contributed by atoms with van der Waals surface area (Å²) in [7, 11) is 2.80. The zero-order chi connectivity index (χ0) is 19.8. The molecule has 27 heavy (non-hydrogen) atoms. The van der Waals surface area contributed by atoms with Crippen LogP contribution in [-0.4, -0.2) is 67.5 Å². The molecule has 3 rings (SSSR count). The highest BCUT2D eigenvalue weighted by atomic mass is 16.5. The molecule has 1 aromatic rings. The maximum absolute atomic E-state index is 13.1. The number of benzene rings is 1. The average Bonchev–Trinajstić information content (AvgIpc) is 3.14. The molecule has 0 bridgehead atoms. The minimum absolute atomic E-state index is 0.0267. The van der Waals surface area contributed by atoms with E-state index in [1.54, 1.807) is 31.2 Å². The van der Waals surface area contributed by atoms with Gasteiger partial charge in [-0.15, -0.1) is 0 Å². The normalized spacial score (nSPS) is 30.4. The molecule has 0 aliphatic carbocycles. The van der Waals surface area contributed by atoms with Gasteiger partial charge in [0.05, 0.1) is 14.2 Å². The Morgan fingerprint density at radius 2 is 2.15 bits per heavy atom. The first-order chi connectivity index (χ1) is 12.8. The second-order valence-corrected chi connectivity index (χ2v) is 7.01. The van der Waals surface area contributed by atoms with Gasteiger partial charge < -0.3 is 24.8 Å². The third-order valence-corrected chi connectivity index (χ3v) is 5.27. The molecular weight excluding hydrogens is 354 g/mol. The van der Waals surface area contributed by atoms with Crippen LogP contribution in [0.2, 0.25) is 0 Å². The van der Waals surface area contributed by atoms with Crippen molar-refractivity contribution < 1.29 is 33.9 Å². The van der Waals surface area contributed by atoms with Crippen LogP contribution in [0.5, 0.6) is 5.75 Å². The number of carbonyl (C=O) groups excluding carboxylic acids is 3. The van der Waals surface area contributed by atoms with Gasteiger partial charge in [-0.1, -0.05) is 12.1 Å². The van der Waals surface area contributed by atoms with E-state index in [9.17, 15) is 19.5 Å². The van der Waals surface area contributed by atoms with Gasteiger partial charge in [0.2, 0.25) is 0 Å². The molecule has 4 atom stereocenters. The number of imide groups is 1. The Hall–Kier alpha value is -2.65. The fraction of sp³-hybridized carbons (Fsp3) is 0.500. The summed E-state index contributed by atoms with van der Waals surface area (Å²) >= 11 is 0. The zero-order valence-electron chi connectivity index (χ0n) is 15.5. The van der Waals surface area contributed by atoms with Crippen LogP contribution < -0.4 is 15.0 Å². The number of methoxy groups -OCH3 is 2. The molecule has 9 nitrogen and oxygen atoms in total. The van der Waals surface area contributed by atoms with E-state index in [1.807, 2.05) is 0 Å². The molecule has 0 saturated carbocycles. The number of carbonyl (C=O) groups is 3. The quantitative estimate of drug-likeness (QED) is 0.430. The van der Waals surface area contributed by atoms with Gasteiger partial charge in [-0.05, 0) is 24.6 Å². The van der Waals surface area contributed by atoms with Crippen LogP contribution in [0.15, 0.2) is 24.3 Å². The summed E-state index contributed by atoms with van der Waals surface area (Å²) in [4.78, 5) is 39.2. The van der Waals surface area contributed by atoms with Crippen molar-refractivity contribution in [1.82, 2.24) is 10.2 Å². The van der Waals surface area contributed by atoms with Crippen molar-refractivity contribution in [3.63, 3.8) is 0 Å². The maximum Gasteiger partial charge on any atom is 0.364 e. The lowest BCUT2D eigenvalue weighted by Gasteiger charge is -2.25. The lowest BCUT2D eigenvalue weighted by molar-refractivity contribution is -0.912. The Labute approximate surface area is 156 Å². The van der Waals surface area contributed by atoms with E-state index in [0.717, 1.165) is 4.90 Å². The lowest BCUT2D eigenvalue weighted by atomic mass is 9.92. The molecule has 2 aliphatic heterocycles. The number of esters is 1. The number of ether oxygens (including phenoxy) is 2. The maximum atomic E-state index is 13.1. The Morgan fingerprint density at radius 1 is 1.41 bits per heavy atom. The topological polar surface area (TPSA) is 110 Å². The number of hydrogen-bond acceptors (Lipinski definition) is 6. The number of aliphatic hydroxyl groups excluding tert-OH is 1. The van der Waals surface area contributed by atoms with Gasteiger partial charge in [-0.2, -0.15) is 0 Å². The van der Waals surface area contributed by atoms with Gasteiger partial charge in [0.1, 0.15) is 23.9 Å². The predicted molar refractivity (Wildman–Crippen MR) is 92.8 cm³/mol. The van der Waals surface area contributed by atoms with Crippen molar-refractivity contribution in [2.45, 2.75) is 31.0 Å². The second kappa shape index (κ2) is 7.16. The van der Waals surface area contributed by atoms with Gasteiger partial charge >= 0.3 is 12.0 Å². The molecular formula is C18H24N3O6+. The summed E-state index contributed by atoms with van der Waals surface area (Å²) in [6.45, 7) is 1.86. The molecule has 2 saturated heterocycles. The molecule has 3 N–H and O–H groups in total. The van der Waals surface area contributed by atoms with E-state index in [0.29, 0.717) is 16.2 Å². The van der Waals surface area contributed by atoms with Crippen molar-refractivity contribution in [3.05, 3.63) is 29.8 Å². The third kappa shape index (κ3) is 3.35. The fourth-order valence-electron chi connectivity index (χ4n) is 3.72. The zero-order valence-corrected chi connectivity index (χ0v) is 15.5. The van der Waals surface area contributed by atoms with E-state index >= 15 is 0 Å². The molecule has 1 unspecified atom stereocenters. The number of likely N-dealkylation sites (tertiary alicyclic amines) is 1. The van der Waals surface area contributed by atoms with Crippen LogP contribution in [0.4, 0.5) is 4.79 Å². The minimum atomic E-state index is -1.23. The SMILES string of the molecule is COC(=O)[C@@H]1C[C@@H](O)C[NH+]1CN1C(=O)N[C@@](C)(c2cccc(OC)c2)C1=O. The van der Waals surface area contributed by atoms with Crippen LogP contribution in [0.1, 0.15) is 18.9 Å². The summed E-state index contributed by atoms with van der Waals surface area (Å²) in [5, 5.41) is 12.6. The van der Waals surface area contributed by atoms with Crippen molar-refractivity contribution in [1.29, 1.82) is 0 Å². The molecule has 146 valence electrons. The molecule has 0 aromatic heterocycles. The van der Waals surface area contributed by atoms with Crippen molar-refractivity contribution >= 4 is 17.9 Å². The number of nitrogens with one attached hydrogen (secondary N) is 2. The van der Waals surface area contributed by atoms with E-state index in [-0.39, 0.29) is 19.6 Å².